The molecule has 0 fully saturated rings. The van der Waals surface area contributed by atoms with Crippen LogP contribution < -0.4 is 10.8 Å². The molecule has 0 spiro atoms. The zero-order valence-corrected chi connectivity index (χ0v) is 4.41. The molecule has 0 unspecified atom stereocenters. The van der Waals surface area contributed by atoms with Crippen molar-refractivity contribution >= 4 is 7.98 Å². The summed E-state index contributed by atoms with van der Waals surface area (Å²) in [6.07, 6.45) is 1.18. The highest BCUT2D eigenvalue weighted by Gasteiger charge is 1.70. The molecule has 0 aromatic heterocycles. The topological polar surface area (TPSA) is 24.1 Å². The summed E-state index contributed by atoms with van der Waals surface area (Å²) in [5, 5.41) is 2.82. The number of rotatable bonds is 3. The van der Waals surface area contributed by atoms with Crippen molar-refractivity contribution in [2.45, 2.75) is 13.3 Å². The van der Waals surface area contributed by atoms with E-state index in [0.717, 1.165) is 6.54 Å². The van der Waals surface area contributed by atoms with Gasteiger partial charge < -0.3 is 5.34 Å². The van der Waals surface area contributed by atoms with Gasteiger partial charge >= 0.3 is 0 Å². The lowest BCUT2D eigenvalue weighted by molar-refractivity contribution is 0.660. The first kappa shape index (κ1) is 5.98. The highest BCUT2D eigenvalue weighted by atomic mass is 15.3. The van der Waals surface area contributed by atoms with Crippen molar-refractivity contribution in [3.8, 4) is 0 Å². The summed E-state index contributed by atoms with van der Waals surface area (Å²) in [6, 6.07) is 0. The van der Waals surface area contributed by atoms with Crippen molar-refractivity contribution in [3.05, 3.63) is 0 Å². The van der Waals surface area contributed by atoms with Gasteiger partial charge in [-0.25, -0.2) is 0 Å². The van der Waals surface area contributed by atoms with Crippen LogP contribution in [0, 0.1) is 0 Å². The van der Waals surface area contributed by atoms with Crippen LogP contribution in [0.25, 0.3) is 0 Å². The highest BCUT2D eigenvalue weighted by Crippen LogP contribution is 1.62. The summed E-state index contributed by atoms with van der Waals surface area (Å²) >= 11 is 0. The van der Waals surface area contributed by atoms with E-state index >= 15 is 0 Å². The standard InChI is InChI=1S/C3H11BN2/c1-2-3-5-6-4/h5-6H,2-4H2,1H3. The highest BCUT2D eigenvalue weighted by molar-refractivity contribution is 6.03. The Kier molecular flexibility index (Phi) is 4.97. The lowest BCUT2D eigenvalue weighted by atomic mass is 10.5. The van der Waals surface area contributed by atoms with Gasteiger partial charge in [0, 0.05) is 6.54 Å². The smallest absolute Gasteiger partial charge is 0.201 e. The van der Waals surface area contributed by atoms with Gasteiger partial charge in [0.15, 0.2) is 0 Å². The molecular formula is C3H11BN2. The molecule has 0 aliphatic heterocycles. The zero-order chi connectivity index (χ0) is 4.83. The van der Waals surface area contributed by atoms with Crippen molar-refractivity contribution in [3.63, 3.8) is 0 Å². The molecule has 0 amide bonds. The van der Waals surface area contributed by atoms with E-state index < -0.39 is 0 Å². The van der Waals surface area contributed by atoms with Crippen LogP contribution in [0.4, 0.5) is 0 Å². The maximum atomic E-state index is 2.95. The van der Waals surface area contributed by atoms with Gasteiger partial charge in [0.25, 0.3) is 0 Å². The Balaban J connectivity index is 2.34. The number of hydrogen-bond donors (Lipinski definition) is 2. The van der Waals surface area contributed by atoms with Crippen LogP contribution in [0.3, 0.4) is 0 Å². The molecule has 0 bridgehead atoms. The number of hydrazine groups is 1. The molecule has 0 radical (unpaired) electrons. The van der Waals surface area contributed by atoms with E-state index in [1.807, 2.05) is 7.98 Å². The third-order valence-corrected chi connectivity index (χ3v) is 0.552. The average Bonchev–Trinajstić information content (AvgIpc) is 1.61. The van der Waals surface area contributed by atoms with Crippen LogP contribution in [0.1, 0.15) is 13.3 Å². The van der Waals surface area contributed by atoms with Gasteiger partial charge in [-0.3, -0.25) is 5.43 Å². The normalized spacial score (nSPS) is 8.83. The molecule has 0 heterocycles. The van der Waals surface area contributed by atoms with E-state index in [0.29, 0.717) is 0 Å². The van der Waals surface area contributed by atoms with Crippen molar-refractivity contribution < 1.29 is 0 Å². The van der Waals surface area contributed by atoms with Crippen LogP contribution in [0.15, 0.2) is 0 Å². The first-order valence-electron chi connectivity index (χ1n) is 2.31. The molecule has 0 saturated carbocycles. The molecule has 0 aliphatic carbocycles. The monoisotopic (exact) mass is 86.1 g/mol. The minimum absolute atomic E-state index is 1.05. The summed E-state index contributed by atoms with van der Waals surface area (Å²) in [7, 11) is 1.87. The summed E-state index contributed by atoms with van der Waals surface area (Å²) in [5.74, 6) is 0. The maximum Gasteiger partial charge on any atom is 0.201 e. The maximum absolute atomic E-state index is 2.95. The SMILES string of the molecule is BNNCCC. The fourth-order valence-electron chi connectivity index (χ4n) is 0.250. The first-order chi connectivity index (χ1) is 2.91. The molecule has 2 nitrogen and oxygen atoms in total. The Labute approximate surface area is 39.7 Å². The van der Waals surface area contributed by atoms with E-state index in [2.05, 4.69) is 17.7 Å². The van der Waals surface area contributed by atoms with Gasteiger partial charge in [0.05, 0.1) is 0 Å². The Morgan fingerprint density at radius 2 is 2.33 bits per heavy atom. The molecular weight excluding hydrogens is 74.9 g/mol. The molecule has 0 aromatic rings. The molecule has 2 N–H and O–H groups in total. The van der Waals surface area contributed by atoms with Gasteiger partial charge in [0.1, 0.15) is 0 Å². The fraction of sp³-hybridized carbons (Fsp3) is 1.00. The summed E-state index contributed by atoms with van der Waals surface area (Å²) in [6.45, 7) is 3.18. The minimum Gasteiger partial charge on any atom is -0.305 e. The number of nitrogens with one attached hydrogen (secondary N) is 2. The molecule has 0 saturated heterocycles. The Morgan fingerprint density at radius 1 is 1.67 bits per heavy atom. The largest absolute Gasteiger partial charge is 0.305 e. The van der Waals surface area contributed by atoms with Gasteiger partial charge in [-0.15, -0.1) is 0 Å². The molecule has 36 valence electrons. The second kappa shape index (κ2) is 4.98. The van der Waals surface area contributed by atoms with Crippen molar-refractivity contribution in [2.75, 3.05) is 6.54 Å². The van der Waals surface area contributed by atoms with Gasteiger partial charge in [-0.05, 0) is 6.42 Å². The lowest BCUT2D eigenvalue weighted by Crippen LogP contribution is -2.29. The van der Waals surface area contributed by atoms with Gasteiger partial charge in [-0.1, -0.05) is 6.92 Å². The first-order valence-corrected chi connectivity index (χ1v) is 2.31. The Hall–Kier alpha value is -0.0151. The Morgan fingerprint density at radius 3 is 2.50 bits per heavy atom. The average molecular weight is 85.9 g/mol. The molecule has 0 aliphatic rings. The van der Waals surface area contributed by atoms with E-state index in [4.69, 9.17) is 0 Å². The quantitative estimate of drug-likeness (QED) is 0.262. The van der Waals surface area contributed by atoms with Crippen LogP contribution in [-0.2, 0) is 0 Å². The van der Waals surface area contributed by atoms with Crippen molar-refractivity contribution in [1.82, 2.24) is 10.8 Å². The third-order valence-electron chi connectivity index (χ3n) is 0.552. The predicted molar refractivity (Wildman–Crippen MR) is 30.0 cm³/mol. The second-order valence-corrected chi connectivity index (χ2v) is 1.18. The van der Waals surface area contributed by atoms with E-state index in [1.165, 1.54) is 6.42 Å². The summed E-state index contributed by atoms with van der Waals surface area (Å²) < 4.78 is 0. The lowest BCUT2D eigenvalue weighted by Gasteiger charge is -1.94. The van der Waals surface area contributed by atoms with Gasteiger partial charge in [0.2, 0.25) is 7.98 Å². The zero-order valence-electron chi connectivity index (χ0n) is 4.41. The van der Waals surface area contributed by atoms with Gasteiger partial charge in [-0.2, -0.15) is 0 Å². The predicted octanol–water partition coefficient (Wildman–Crippen LogP) is -0.961. The fourth-order valence-corrected chi connectivity index (χ4v) is 0.250. The van der Waals surface area contributed by atoms with E-state index in [-0.39, 0.29) is 0 Å². The van der Waals surface area contributed by atoms with Crippen LogP contribution in [0.5, 0.6) is 0 Å². The molecule has 0 aromatic carbocycles. The molecule has 6 heavy (non-hydrogen) atoms. The summed E-state index contributed by atoms with van der Waals surface area (Å²) in [5.41, 5.74) is 2.95. The molecule has 3 heteroatoms. The molecule has 0 rings (SSSR count). The van der Waals surface area contributed by atoms with Crippen LogP contribution >= 0.6 is 0 Å². The van der Waals surface area contributed by atoms with E-state index in [1.54, 1.807) is 0 Å². The number of hydrogen-bond acceptors (Lipinski definition) is 2. The van der Waals surface area contributed by atoms with Crippen molar-refractivity contribution in [1.29, 1.82) is 0 Å². The summed E-state index contributed by atoms with van der Waals surface area (Å²) in [4.78, 5) is 0. The third kappa shape index (κ3) is 3.98. The Bertz CT molecular complexity index is 20.8. The van der Waals surface area contributed by atoms with Crippen LogP contribution in [-0.4, -0.2) is 14.5 Å². The second-order valence-electron chi connectivity index (χ2n) is 1.18. The van der Waals surface area contributed by atoms with E-state index in [9.17, 15) is 0 Å². The van der Waals surface area contributed by atoms with Crippen LogP contribution in [0.2, 0.25) is 0 Å². The van der Waals surface area contributed by atoms with Crippen molar-refractivity contribution in [2.24, 2.45) is 0 Å². The molecule has 0 atom stereocenters. The minimum atomic E-state index is 1.05.